The first kappa shape index (κ1) is 28.2. The number of aliphatic hydroxyl groups excluding tert-OH is 1. The molecular formula is C27H38O6. The maximum absolute atomic E-state index is 12.4. The van der Waals surface area contributed by atoms with E-state index in [0.717, 1.165) is 44.0 Å². The largest absolute Gasteiger partial charge is 0.507 e. The molecule has 2 rings (SSSR count). The van der Waals surface area contributed by atoms with Gasteiger partial charge in [0.2, 0.25) is 0 Å². The first-order chi connectivity index (χ1) is 15.6. The van der Waals surface area contributed by atoms with Crippen LogP contribution in [0.25, 0.3) is 0 Å². The molecule has 0 saturated carbocycles. The fourth-order valence-corrected chi connectivity index (χ4v) is 3.30. The van der Waals surface area contributed by atoms with Crippen molar-refractivity contribution in [3.63, 3.8) is 0 Å². The van der Waals surface area contributed by atoms with Gasteiger partial charge in [-0.15, -0.1) is 0 Å². The number of aldehydes is 1. The molecule has 182 valence electrons. The number of phenolic OH excluding ortho intramolecular Hbond substituents is 1. The van der Waals surface area contributed by atoms with E-state index in [0.29, 0.717) is 42.1 Å². The summed E-state index contributed by atoms with van der Waals surface area (Å²) >= 11 is 0. The Labute approximate surface area is 197 Å². The smallest absolute Gasteiger partial charge is 0.167 e. The summed E-state index contributed by atoms with van der Waals surface area (Å²) in [5.74, 6) is 1.29. The van der Waals surface area contributed by atoms with E-state index in [-0.39, 0.29) is 16.9 Å². The fourth-order valence-electron chi connectivity index (χ4n) is 3.30. The van der Waals surface area contributed by atoms with Gasteiger partial charge < -0.3 is 19.7 Å². The molecule has 0 saturated heterocycles. The number of hydrogen-bond donors (Lipinski definition) is 2. The molecule has 0 aliphatic carbocycles. The number of Topliss-reactive ketones (excluding diaryl/α,β-unsaturated/α-hetero) is 1. The summed E-state index contributed by atoms with van der Waals surface area (Å²) in [4.78, 5) is 23.4. The molecule has 0 atom stereocenters. The Morgan fingerprint density at radius 2 is 1.48 bits per heavy atom. The highest BCUT2D eigenvalue weighted by molar-refractivity contribution is 5.99. The minimum atomic E-state index is -0.133. The molecule has 6 nitrogen and oxygen atoms in total. The average molecular weight is 459 g/mol. The van der Waals surface area contributed by atoms with Gasteiger partial charge in [0.1, 0.15) is 23.5 Å². The van der Waals surface area contributed by atoms with Crippen LogP contribution < -0.4 is 9.47 Å². The van der Waals surface area contributed by atoms with E-state index in [2.05, 4.69) is 0 Å². The first-order valence-electron chi connectivity index (χ1n) is 11.2. The van der Waals surface area contributed by atoms with Crippen molar-refractivity contribution >= 4 is 12.1 Å². The zero-order valence-electron chi connectivity index (χ0n) is 20.7. The zero-order valence-corrected chi connectivity index (χ0v) is 20.7. The Hall–Kier alpha value is -2.86. The number of ketones is 1. The highest BCUT2D eigenvalue weighted by Gasteiger charge is 2.21. The van der Waals surface area contributed by atoms with Crippen LogP contribution in [-0.4, -0.2) is 42.6 Å². The molecule has 0 fully saturated rings. The second-order valence-corrected chi connectivity index (χ2v) is 9.09. The SMILES string of the molecule is CO.Cc1c(C=O)cccc1OCCCCCOc1ccc(C(=O)CC(C)(C)C)c(O)c1C. The average Bonchev–Trinajstić information content (AvgIpc) is 2.77. The number of aromatic hydroxyl groups is 1. The van der Waals surface area contributed by atoms with Crippen LogP contribution in [0.5, 0.6) is 17.2 Å². The van der Waals surface area contributed by atoms with Gasteiger partial charge in [0, 0.05) is 30.2 Å². The number of rotatable bonds is 11. The van der Waals surface area contributed by atoms with Gasteiger partial charge >= 0.3 is 0 Å². The zero-order chi connectivity index (χ0) is 25.0. The standard InChI is InChI=1S/C26H34O5.CH4O/c1-18-20(17-27)10-9-11-23(18)30-14-7-6-8-15-31-24-13-12-21(25(29)19(24)2)22(28)16-26(3,4)5;1-2/h9-13,17,29H,6-8,14-16H2,1-5H3;2H,1H3. The number of unbranched alkanes of at least 4 members (excludes halogenated alkanes) is 2. The Kier molecular flexibility index (Phi) is 11.6. The van der Waals surface area contributed by atoms with Crippen molar-refractivity contribution in [2.24, 2.45) is 5.41 Å². The lowest BCUT2D eigenvalue weighted by Crippen LogP contribution is -2.13. The van der Waals surface area contributed by atoms with Gasteiger partial charge in [0.15, 0.2) is 5.78 Å². The molecule has 2 aromatic rings. The van der Waals surface area contributed by atoms with Gasteiger partial charge in [-0.25, -0.2) is 0 Å². The molecule has 0 aliphatic rings. The van der Waals surface area contributed by atoms with Crippen LogP contribution in [0, 0.1) is 19.3 Å². The third kappa shape index (κ3) is 8.89. The number of ether oxygens (including phenoxy) is 2. The van der Waals surface area contributed by atoms with Crippen molar-refractivity contribution in [2.75, 3.05) is 20.3 Å². The molecule has 0 bridgehead atoms. The summed E-state index contributed by atoms with van der Waals surface area (Å²) in [5.41, 5.74) is 2.32. The fraction of sp³-hybridized carbons (Fsp3) is 0.481. The summed E-state index contributed by atoms with van der Waals surface area (Å²) in [6, 6.07) is 8.88. The minimum Gasteiger partial charge on any atom is -0.507 e. The van der Waals surface area contributed by atoms with Gasteiger partial charge in [-0.2, -0.15) is 0 Å². The number of carbonyl (C=O) groups is 2. The summed E-state index contributed by atoms with van der Waals surface area (Å²) in [5, 5.41) is 17.4. The topological polar surface area (TPSA) is 93.1 Å². The molecule has 0 unspecified atom stereocenters. The van der Waals surface area contributed by atoms with E-state index >= 15 is 0 Å². The number of aliphatic hydroxyl groups is 1. The molecule has 2 N–H and O–H groups in total. The van der Waals surface area contributed by atoms with Crippen LogP contribution in [0.4, 0.5) is 0 Å². The maximum atomic E-state index is 12.4. The lowest BCUT2D eigenvalue weighted by Gasteiger charge is -2.18. The Morgan fingerprint density at radius 1 is 0.909 bits per heavy atom. The summed E-state index contributed by atoms with van der Waals surface area (Å²) in [6.07, 6.45) is 3.87. The van der Waals surface area contributed by atoms with Crippen LogP contribution in [0.15, 0.2) is 30.3 Å². The van der Waals surface area contributed by atoms with Crippen LogP contribution >= 0.6 is 0 Å². The lowest BCUT2D eigenvalue weighted by atomic mass is 9.87. The molecule has 0 aromatic heterocycles. The monoisotopic (exact) mass is 458 g/mol. The summed E-state index contributed by atoms with van der Waals surface area (Å²) < 4.78 is 11.6. The number of hydrogen-bond acceptors (Lipinski definition) is 6. The van der Waals surface area contributed by atoms with Gasteiger partial charge in [0.05, 0.1) is 18.8 Å². The third-order valence-corrected chi connectivity index (χ3v) is 5.13. The summed E-state index contributed by atoms with van der Waals surface area (Å²) in [7, 11) is 1.00. The molecular weight excluding hydrogens is 420 g/mol. The molecule has 0 radical (unpaired) electrons. The van der Waals surface area contributed by atoms with Gasteiger partial charge in [-0.3, -0.25) is 9.59 Å². The summed E-state index contributed by atoms with van der Waals surface area (Å²) in [6.45, 7) is 10.7. The lowest BCUT2D eigenvalue weighted by molar-refractivity contribution is 0.0936. The molecule has 0 amide bonds. The predicted molar refractivity (Wildman–Crippen MR) is 131 cm³/mol. The second-order valence-electron chi connectivity index (χ2n) is 9.09. The van der Waals surface area contributed by atoms with Crippen LogP contribution in [0.2, 0.25) is 0 Å². The normalized spacial score (nSPS) is 10.8. The van der Waals surface area contributed by atoms with Crippen LogP contribution in [-0.2, 0) is 0 Å². The Balaban J connectivity index is 0.00000265. The Morgan fingerprint density at radius 3 is 2.03 bits per heavy atom. The van der Waals surface area contributed by atoms with E-state index in [4.69, 9.17) is 14.6 Å². The number of phenols is 1. The molecule has 33 heavy (non-hydrogen) atoms. The van der Waals surface area contributed by atoms with Crippen molar-refractivity contribution < 1.29 is 29.3 Å². The highest BCUT2D eigenvalue weighted by Crippen LogP contribution is 2.33. The van der Waals surface area contributed by atoms with E-state index in [1.807, 2.05) is 39.8 Å². The van der Waals surface area contributed by atoms with E-state index in [1.54, 1.807) is 25.1 Å². The number of benzene rings is 2. The maximum Gasteiger partial charge on any atom is 0.167 e. The third-order valence-electron chi connectivity index (χ3n) is 5.13. The second kappa shape index (κ2) is 13.6. The predicted octanol–water partition coefficient (Wildman–Crippen LogP) is 5.68. The molecule has 2 aromatic carbocycles. The molecule has 0 aliphatic heterocycles. The van der Waals surface area contributed by atoms with Crippen molar-refractivity contribution in [2.45, 2.75) is 60.3 Å². The molecule has 0 spiro atoms. The van der Waals surface area contributed by atoms with E-state index in [9.17, 15) is 14.7 Å². The van der Waals surface area contributed by atoms with Crippen molar-refractivity contribution in [1.82, 2.24) is 0 Å². The number of carbonyl (C=O) groups excluding carboxylic acids is 2. The van der Waals surface area contributed by atoms with Gasteiger partial charge in [-0.05, 0) is 56.7 Å². The first-order valence-corrected chi connectivity index (χ1v) is 11.2. The van der Waals surface area contributed by atoms with E-state index < -0.39 is 0 Å². The van der Waals surface area contributed by atoms with Gasteiger partial charge in [-0.1, -0.05) is 32.9 Å². The molecule has 6 heteroatoms. The van der Waals surface area contributed by atoms with Crippen molar-refractivity contribution in [1.29, 1.82) is 0 Å². The quantitative estimate of drug-likeness (QED) is 0.256. The van der Waals surface area contributed by atoms with Crippen molar-refractivity contribution in [3.8, 4) is 17.2 Å². The van der Waals surface area contributed by atoms with Crippen LogP contribution in [0.3, 0.4) is 0 Å². The Bertz CT molecular complexity index is 912. The van der Waals surface area contributed by atoms with Gasteiger partial charge in [0.25, 0.3) is 0 Å². The van der Waals surface area contributed by atoms with Crippen molar-refractivity contribution in [3.05, 3.63) is 52.6 Å². The van der Waals surface area contributed by atoms with E-state index in [1.165, 1.54) is 0 Å². The highest BCUT2D eigenvalue weighted by atomic mass is 16.5. The minimum absolute atomic E-state index is 0.00748. The van der Waals surface area contributed by atoms with Crippen LogP contribution in [0.1, 0.15) is 78.3 Å². The molecule has 0 heterocycles.